The average molecular weight is 156 g/mol. The molecule has 0 aliphatic heterocycles. The Morgan fingerprint density at radius 2 is 1.80 bits per heavy atom. The van der Waals surface area contributed by atoms with E-state index >= 15 is 0 Å². The second kappa shape index (κ2) is 3.23. The molecular weight excluding hydrogens is 145 g/mol. The van der Waals surface area contributed by atoms with Gasteiger partial charge in [0.05, 0.1) is 12.0 Å². The maximum Gasteiger partial charge on any atom is 0.394 e. The van der Waals surface area contributed by atoms with E-state index in [1.807, 2.05) is 0 Å². The van der Waals surface area contributed by atoms with Crippen LogP contribution in [-0.2, 0) is 0 Å². The van der Waals surface area contributed by atoms with Crippen LogP contribution in [0.2, 0.25) is 0 Å². The van der Waals surface area contributed by atoms with E-state index in [-0.39, 0.29) is 6.42 Å². The molecule has 0 aromatic carbocycles. The van der Waals surface area contributed by atoms with Gasteiger partial charge in [0.25, 0.3) is 0 Å². The Morgan fingerprint density at radius 3 is 1.80 bits per heavy atom. The molecule has 0 saturated heterocycles. The van der Waals surface area contributed by atoms with Gasteiger partial charge in [-0.3, -0.25) is 0 Å². The highest BCUT2D eigenvalue weighted by Crippen LogP contribution is 2.30. The van der Waals surface area contributed by atoms with E-state index in [0.717, 1.165) is 6.92 Å². The molecule has 0 radical (unpaired) electrons. The second-order valence-electron chi connectivity index (χ2n) is 2.30. The third-order valence-corrected chi connectivity index (χ3v) is 1.44. The number of rotatable bonds is 2. The molecule has 0 amide bonds. The number of halogens is 3. The molecule has 0 heterocycles. The number of aliphatic hydroxyl groups is 1. The first-order valence-electron chi connectivity index (χ1n) is 3.14. The predicted octanol–water partition coefficient (Wildman–Crippen LogP) is 1.96. The van der Waals surface area contributed by atoms with Gasteiger partial charge in [-0.15, -0.1) is 0 Å². The van der Waals surface area contributed by atoms with Gasteiger partial charge in [-0.05, 0) is 13.3 Å². The number of alkyl halides is 3. The quantitative estimate of drug-likeness (QED) is 0.647. The normalized spacial score (nSPS) is 18.6. The fraction of sp³-hybridized carbons (Fsp3) is 1.00. The minimum absolute atomic E-state index is 0.0683. The lowest BCUT2D eigenvalue weighted by Crippen LogP contribution is -2.31. The van der Waals surface area contributed by atoms with Gasteiger partial charge in [-0.1, -0.05) is 6.92 Å². The average Bonchev–Trinajstić information content (AvgIpc) is 1.60. The summed E-state index contributed by atoms with van der Waals surface area (Å²) < 4.78 is 35.4. The lowest BCUT2D eigenvalue weighted by Gasteiger charge is -2.20. The fourth-order valence-corrected chi connectivity index (χ4v) is 0.846. The molecule has 0 spiro atoms. The van der Waals surface area contributed by atoms with Gasteiger partial charge in [-0.25, -0.2) is 0 Å². The largest absolute Gasteiger partial charge is 0.394 e. The molecule has 0 aliphatic carbocycles. The van der Waals surface area contributed by atoms with Crippen molar-refractivity contribution in [2.24, 2.45) is 5.92 Å². The lowest BCUT2D eigenvalue weighted by molar-refractivity contribution is -0.197. The molecule has 2 atom stereocenters. The number of hydrogen-bond acceptors (Lipinski definition) is 1. The number of hydrogen-bond donors (Lipinski definition) is 1. The van der Waals surface area contributed by atoms with Crippen LogP contribution in [0.15, 0.2) is 0 Å². The van der Waals surface area contributed by atoms with Crippen molar-refractivity contribution in [2.45, 2.75) is 32.5 Å². The molecule has 0 fully saturated rings. The summed E-state index contributed by atoms with van der Waals surface area (Å²) in [6.45, 7) is 2.56. The monoisotopic (exact) mass is 156 g/mol. The van der Waals surface area contributed by atoms with E-state index in [4.69, 9.17) is 5.11 Å². The summed E-state index contributed by atoms with van der Waals surface area (Å²) in [5.41, 5.74) is 0. The molecule has 0 aliphatic rings. The zero-order chi connectivity index (χ0) is 8.36. The van der Waals surface area contributed by atoms with Crippen LogP contribution in [0, 0.1) is 5.92 Å². The topological polar surface area (TPSA) is 20.2 Å². The van der Waals surface area contributed by atoms with Crippen molar-refractivity contribution >= 4 is 0 Å². The summed E-state index contributed by atoms with van der Waals surface area (Å²) in [5.74, 6) is -1.58. The molecule has 0 aromatic heterocycles. The first-order chi connectivity index (χ1) is 4.39. The molecule has 1 N–H and O–H groups in total. The standard InChI is InChI=1S/C6H11F3O/c1-3-5(4(2)10)6(7,8)9/h4-5,10H,3H2,1-2H3. The molecule has 0 rings (SSSR count). The molecule has 0 aromatic rings. The SMILES string of the molecule is CCC(C(C)O)C(F)(F)F. The summed E-state index contributed by atoms with van der Waals surface area (Å²) in [6, 6.07) is 0. The zero-order valence-electron chi connectivity index (χ0n) is 5.94. The van der Waals surface area contributed by atoms with E-state index in [0.29, 0.717) is 0 Å². The van der Waals surface area contributed by atoms with Crippen molar-refractivity contribution in [3.8, 4) is 0 Å². The minimum atomic E-state index is -4.26. The highest BCUT2D eigenvalue weighted by molar-refractivity contribution is 4.70. The van der Waals surface area contributed by atoms with Gasteiger partial charge in [0.1, 0.15) is 0 Å². The Hall–Kier alpha value is -0.250. The van der Waals surface area contributed by atoms with Gasteiger partial charge in [0.2, 0.25) is 0 Å². The van der Waals surface area contributed by atoms with E-state index in [1.165, 1.54) is 6.92 Å². The van der Waals surface area contributed by atoms with Gasteiger partial charge < -0.3 is 5.11 Å². The summed E-state index contributed by atoms with van der Waals surface area (Å²) >= 11 is 0. The molecule has 1 nitrogen and oxygen atoms in total. The molecule has 0 bridgehead atoms. The lowest BCUT2D eigenvalue weighted by atomic mass is 10.0. The zero-order valence-corrected chi connectivity index (χ0v) is 5.94. The van der Waals surface area contributed by atoms with Gasteiger partial charge in [0.15, 0.2) is 0 Å². The Morgan fingerprint density at radius 1 is 1.40 bits per heavy atom. The van der Waals surface area contributed by atoms with E-state index in [9.17, 15) is 13.2 Å². The van der Waals surface area contributed by atoms with E-state index in [1.54, 1.807) is 0 Å². The van der Waals surface area contributed by atoms with Crippen LogP contribution in [0.4, 0.5) is 13.2 Å². The first kappa shape index (κ1) is 9.75. The maximum absolute atomic E-state index is 11.8. The fourth-order valence-electron chi connectivity index (χ4n) is 0.846. The molecule has 4 heteroatoms. The van der Waals surface area contributed by atoms with Gasteiger partial charge >= 0.3 is 6.18 Å². The molecular formula is C6H11F3O. The van der Waals surface area contributed by atoms with Crippen molar-refractivity contribution in [1.82, 2.24) is 0 Å². The summed E-state index contributed by atoms with van der Waals surface area (Å²) in [7, 11) is 0. The van der Waals surface area contributed by atoms with Gasteiger partial charge in [-0.2, -0.15) is 13.2 Å². The Bertz CT molecular complexity index is 97.7. The van der Waals surface area contributed by atoms with Crippen LogP contribution in [0.1, 0.15) is 20.3 Å². The Balaban J connectivity index is 4.07. The van der Waals surface area contributed by atoms with Crippen LogP contribution in [0.5, 0.6) is 0 Å². The van der Waals surface area contributed by atoms with Crippen molar-refractivity contribution in [1.29, 1.82) is 0 Å². The Labute approximate surface area is 57.9 Å². The summed E-state index contributed by atoms with van der Waals surface area (Å²) in [5, 5.41) is 8.63. The predicted molar refractivity (Wildman–Crippen MR) is 31.5 cm³/mol. The van der Waals surface area contributed by atoms with Crippen molar-refractivity contribution in [3.63, 3.8) is 0 Å². The highest BCUT2D eigenvalue weighted by Gasteiger charge is 2.40. The molecule has 0 saturated carbocycles. The van der Waals surface area contributed by atoms with Crippen LogP contribution in [0.25, 0.3) is 0 Å². The van der Waals surface area contributed by atoms with E-state index in [2.05, 4.69) is 0 Å². The van der Waals surface area contributed by atoms with Crippen LogP contribution < -0.4 is 0 Å². The summed E-state index contributed by atoms with van der Waals surface area (Å²) in [4.78, 5) is 0. The number of aliphatic hydroxyl groups excluding tert-OH is 1. The van der Waals surface area contributed by atoms with E-state index < -0.39 is 18.2 Å². The minimum Gasteiger partial charge on any atom is -0.393 e. The van der Waals surface area contributed by atoms with Crippen molar-refractivity contribution in [3.05, 3.63) is 0 Å². The first-order valence-corrected chi connectivity index (χ1v) is 3.14. The Kier molecular flexibility index (Phi) is 3.15. The van der Waals surface area contributed by atoms with Crippen LogP contribution in [0.3, 0.4) is 0 Å². The van der Waals surface area contributed by atoms with Crippen molar-refractivity contribution < 1.29 is 18.3 Å². The smallest absolute Gasteiger partial charge is 0.393 e. The highest BCUT2D eigenvalue weighted by atomic mass is 19.4. The summed E-state index contributed by atoms with van der Waals surface area (Å²) in [6.07, 6.45) is -5.63. The third kappa shape index (κ3) is 2.56. The van der Waals surface area contributed by atoms with Crippen LogP contribution in [-0.4, -0.2) is 17.4 Å². The second-order valence-corrected chi connectivity index (χ2v) is 2.30. The molecule has 2 unspecified atom stereocenters. The van der Waals surface area contributed by atoms with Crippen molar-refractivity contribution in [2.75, 3.05) is 0 Å². The van der Waals surface area contributed by atoms with Crippen LogP contribution >= 0.6 is 0 Å². The maximum atomic E-state index is 11.8. The van der Waals surface area contributed by atoms with Gasteiger partial charge in [0, 0.05) is 0 Å². The molecule has 10 heavy (non-hydrogen) atoms. The third-order valence-electron chi connectivity index (χ3n) is 1.44. The molecule has 62 valence electrons.